The Kier molecular flexibility index (Phi) is 1.80. The minimum absolute atomic E-state index is 0.424. The summed E-state index contributed by atoms with van der Waals surface area (Å²) >= 11 is 0. The van der Waals surface area contributed by atoms with Crippen molar-refractivity contribution in [3.63, 3.8) is 0 Å². The van der Waals surface area contributed by atoms with Crippen LogP contribution in [0, 0.1) is 11.3 Å². The van der Waals surface area contributed by atoms with Crippen LogP contribution < -0.4 is 0 Å². The Bertz CT molecular complexity index is 186. The van der Waals surface area contributed by atoms with Crippen LogP contribution in [0.1, 0.15) is 33.6 Å². The number of ether oxygens (including phenoxy) is 1. The molecule has 1 saturated heterocycles. The average Bonchev–Trinajstić information content (AvgIpc) is 2.28. The normalized spacial score (nSPS) is 40.4. The van der Waals surface area contributed by atoms with E-state index < -0.39 is 0 Å². The summed E-state index contributed by atoms with van der Waals surface area (Å²) in [7, 11) is 0. The van der Waals surface area contributed by atoms with Gasteiger partial charge in [-0.3, -0.25) is 0 Å². The first-order valence-electron chi connectivity index (χ1n) is 4.89. The fraction of sp³-hybridized carbons (Fsp3) is 0.818. The highest BCUT2D eigenvalue weighted by Crippen LogP contribution is 2.40. The van der Waals surface area contributed by atoms with E-state index in [0.29, 0.717) is 17.6 Å². The molecule has 0 amide bonds. The highest BCUT2D eigenvalue weighted by atomic mass is 16.5. The fourth-order valence-corrected chi connectivity index (χ4v) is 2.20. The maximum atomic E-state index is 5.71. The molecule has 2 atom stereocenters. The molecule has 2 unspecified atom stereocenters. The number of hydrogen-bond donors (Lipinski definition) is 0. The van der Waals surface area contributed by atoms with Crippen molar-refractivity contribution in [2.75, 3.05) is 0 Å². The van der Waals surface area contributed by atoms with Gasteiger partial charge in [0.2, 0.25) is 0 Å². The van der Waals surface area contributed by atoms with Crippen LogP contribution in [0.3, 0.4) is 0 Å². The van der Waals surface area contributed by atoms with Crippen LogP contribution >= 0.6 is 0 Å². The summed E-state index contributed by atoms with van der Waals surface area (Å²) in [6.45, 7) is 7.01. The maximum Gasteiger partial charge on any atom is 0.0767 e. The third-order valence-corrected chi connectivity index (χ3v) is 3.15. The number of fused-ring (bicyclic) bond motifs is 2. The second kappa shape index (κ2) is 2.59. The SMILES string of the molecule is CC(C)(C)C1CC2C=CC(C1)O2. The summed E-state index contributed by atoms with van der Waals surface area (Å²) in [5.74, 6) is 0.830. The van der Waals surface area contributed by atoms with E-state index >= 15 is 0 Å². The first-order valence-corrected chi connectivity index (χ1v) is 4.89. The molecular weight excluding hydrogens is 148 g/mol. The molecular formula is C11H18O. The highest BCUT2D eigenvalue weighted by molar-refractivity contribution is 5.07. The monoisotopic (exact) mass is 166 g/mol. The molecule has 1 nitrogen and oxygen atoms in total. The summed E-state index contributed by atoms with van der Waals surface area (Å²) in [6.07, 6.45) is 7.75. The predicted molar refractivity (Wildman–Crippen MR) is 50.0 cm³/mol. The Morgan fingerprint density at radius 3 is 2.00 bits per heavy atom. The van der Waals surface area contributed by atoms with Gasteiger partial charge >= 0.3 is 0 Å². The zero-order valence-electron chi connectivity index (χ0n) is 8.21. The summed E-state index contributed by atoms with van der Waals surface area (Å²) in [6, 6.07) is 0. The largest absolute Gasteiger partial charge is 0.367 e. The van der Waals surface area contributed by atoms with E-state index in [1.54, 1.807) is 0 Å². The van der Waals surface area contributed by atoms with Crippen LogP contribution in [0.5, 0.6) is 0 Å². The molecule has 12 heavy (non-hydrogen) atoms. The summed E-state index contributed by atoms with van der Waals surface area (Å²) in [5.41, 5.74) is 0.451. The van der Waals surface area contributed by atoms with Gasteiger partial charge in [0.25, 0.3) is 0 Å². The molecule has 0 aromatic rings. The predicted octanol–water partition coefficient (Wildman–Crippen LogP) is 2.77. The molecule has 0 aliphatic carbocycles. The van der Waals surface area contributed by atoms with Gasteiger partial charge < -0.3 is 4.74 Å². The summed E-state index contributed by atoms with van der Waals surface area (Å²) in [4.78, 5) is 0. The van der Waals surface area contributed by atoms with Crippen molar-refractivity contribution in [1.29, 1.82) is 0 Å². The van der Waals surface area contributed by atoms with E-state index in [1.165, 1.54) is 12.8 Å². The van der Waals surface area contributed by atoms with Crippen molar-refractivity contribution >= 4 is 0 Å². The number of rotatable bonds is 0. The molecule has 1 fully saturated rings. The van der Waals surface area contributed by atoms with Crippen LogP contribution in [0.4, 0.5) is 0 Å². The second-order valence-electron chi connectivity index (χ2n) is 5.13. The lowest BCUT2D eigenvalue weighted by Gasteiger charge is -2.37. The van der Waals surface area contributed by atoms with E-state index in [9.17, 15) is 0 Å². The Labute approximate surface area is 74.8 Å². The first kappa shape index (κ1) is 8.31. The van der Waals surface area contributed by atoms with Gasteiger partial charge in [-0.25, -0.2) is 0 Å². The first-order chi connectivity index (χ1) is 5.55. The van der Waals surface area contributed by atoms with Crippen molar-refractivity contribution in [3.8, 4) is 0 Å². The molecule has 0 saturated carbocycles. The van der Waals surface area contributed by atoms with Crippen LogP contribution in [-0.2, 0) is 4.74 Å². The Morgan fingerprint density at radius 1 is 1.08 bits per heavy atom. The van der Waals surface area contributed by atoms with Gasteiger partial charge in [0, 0.05) is 0 Å². The molecule has 0 aromatic carbocycles. The van der Waals surface area contributed by atoms with E-state index in [0.717, 1.165) is 5.92 Å². The van der Waals surface area contributed by atoms with Crippen LogP contribution in [0.25, 0.3) is 0 Å². The van der Waals surface area contributed by atoms with E-state index in [1.807, 2.05) is 0 Å². The van der Waals surface area contributed by atoms with Crippen molar-refractivity contribution in [2.45, 2.75) is 45.8 Å². The van der Waals surface area contributed by atoms with Crippen molar-refractivity contribution < 1.29 is 4.74 Å². The molecule has 0 N–H and O–H groups in total. The van der Waals surface area contributed by atoms with Gasteiger partial charge in [0.15, 0.2) is 0 Å². The molecule has 0 radical (unpaired) electrons. The quantitative estimate of drug-likeness (QED) is 0.503. The van der Waals surface area contributed by atoms with E-state index in [4.69, 9.17) is 4.74 Å². The molecule has 2 aliphatic heterocycles. The third kappa shape index (κ3) is 1.42. The highest BCUT2D eigenvalue weighted by Gasteiger charge is 2.36. The van der Waals surface area contributed by atoms with Crippen molar-refractivity contribution in [1.82, 2.24) is 0 Å². The molecule has 2 aliphatic rings. The molecule has 2 bridgehead atoms. The van der Waals surface area contributed by atoms with E-state index in [2.05, 4.69) is 32.9 Å². The van der Waals surface area contributed by atoms with Gasteiger partial charge in [0.1, 0.15) is 0 Å². The summed E-state index contributed by atoms with van der Waals surface area (Å²) in [5, 5.41) is 0. The standard InChI is InChI=1S/C11H18O/c1-11(2,3)8-6-9-4-5-10(7-8)12-9/h4-5,8-10H,6-7H2,1-3H3. The van der Waals surface area contributed by atoms with Crippen molar-refractivity contribution in [2.24, 2.45) is 11.3 Å². The lowest BCUT2D eigenvalue weighted by molar-refractivity contribution is -0.0321. The molecule has 0 spiro atoms. The molecule has 1 heteroatoms. The number of hydrogen-bond acceptors (Lipinski definition) is 1. The van der Waals surface area contributed by atoms with Gasteiger partial charge in [-0.1, -0.05) is 32.9 Å². The van der Waals surface area contributed by atoms with Crippen molar-refractivity contribution in [3.05, 3.63) is 12.2 Å². The molecule has 2 heterocycles. The minimum Gasteiger partial charge on any atom is -0.367 e. The summed E-state index contributed by atoms with van der Waals surface area (Å²) < 4.78 is 5.71. The Hall–Kier alpha value is -0.300. The van der Waals surface area contributed by atoms with Gasteiger partial charge in [-0.05, 0) is 24.2 Å². The van der Waals surface area contributed by atoms with Crippen LogP contribution in [-0.4, -0.2) is 12.2 Å². The van der Waals surface area contributed by atoms with Crippen LogP contribution in [0.2, 0.25) is 0 Å². The van der Waals surface area contributed by atoms with Gasteiger partial charge in [-0.2, -0.15) is 0 Å². The smallest absolute Gasteiger partial charge is 0.0767 e. The second-order valence-corrected chi connectivity index (χ2v) is 5.13. The minimum atomic E-state index is 0.424. The third-order valence-electron chi connectivity index (χ3n) is 3.15. The average molecular weight is 166 g/mol. The fourth-order valence-electron chi connectivity index (χ4n) is 2.20. The van der Waals surface area contributed by atoms with Crippen LogP contribution in [0.15, 0.2) is 12.2 Å². The molecule has 2 rings (SSSR count). The van der Waals surface area contributed by atoms with E-state index in [-0.39, 0.29) is 0 Å². The Morgan fingerprint density at radius 2 is 1.58 bits per heavy atom. The topological polar surface area (TPSA) is 9.23 Å². The maximum absolute atomic E-state index is 5.71. The Balaban J connectivity index is 2.05. The van der Waals surface area contributed by atoms with Gasteiger partial charge in [0.05, 0.1) is 12.2 Å². The zero-order valence-corrected chi connectivity index (χ0v) is 8.21. The molecule has 68 valence electrons. The van der Waals surface area contributed by atoms with Gasteiger partial charge in [-0.15, -0.1) is 0 Å². The lowest BCUT2D eigenvalue weighted by Crippen LogP contribution is -2.33. The lowest BCUT2D eigenvalue weighted by atomic mass is 9.74. The zero-order chi connectivity index (χ0) is 8.77. The molecule has 0 aromatic heterocycles.